The highest BCUT2D eigenvalue weighted by Crippen LogP contribution is 2.35. The number of carbonyl (C=O) groups excluding carboxylic acids is 3. The van der Waals surface area contributed by atoms with Crippen molar-refractivity contribution in [3.8, 4) is 0 Å². The Morgan fingerprint density at radius 1 is 1.17 bits per heavy atom. The molecule has 0 bridgehead atoms. The molecular formula is C21H17Cl2N3O4. The van der Waals surface area contributed by atoms with Crippen LogP contribution >= 0.6 is 23.2 Å². The number of halogens is 2. The average Bonchev–Trinajstić information content (AvgIpc) is 3.09. The maximum Gasteiger partial charge on any atom is 0.338 e. The second-order valence-electron chi connectivity index (χ2n) is 6.96. The quantitative estimate of drug-likeness (QED) is 0.700. The molecule has 0 saturated heterocycles. The predicted octanol–water partition coefficient (Wildman–Crippen LogP) is 3.82. The third kappa shape index (κ3) is 3.86. The molecule has 0 aromatic heterocycles. The fraction of sp³-hybridized carbons (Fsp3) is 0.190. The van der Waals surface area contributed by atoms with Crippen LogP contribution in [0.3, 0.4) is 0 Å². The van der Waals surface area contributed by atoms with Crippen LogP contribution in [0.2, 0.25) is 10.0 Å². The van der Waals surface area contributed by atoms with E-state index in [0.717, 1.165) is 5.56 Å². The molecule has 7 nitrogen and oxygen atoms in total. The van der Waals surface area contributed by atoms with Gasteiger partial charge in [-0.1, -0.05) is 41.4 Å². The number of ether oxygens (including phenoxy) is 1. The summed E-state index contributed by atoms with van der Waals surface area (Å²) in [6.07, 6.45) is 0. The van der Waals surface area contributed by atoms with Gasteiger partial charge in [0.1, 0.15) is 13.2 Å². The standard InChI is InChI=1S/C21H17Cl2N3O4/c1-11-2-5-14(23)8-15(11)24-17(27)9-26-16-10-30-20(28)18(16)19(25-21(26)29)12-3-6-13(22)7-4-12/h2-8,19H,9-10H2,1H3,(H,24,27)(H,25,29)/t19-/m0/s1. The summed E-state index contributed by atoms with van der Waals surface area (Å²) in [5.74, 6) is -0.951. The Bertz CT molecular complexity index is 1080. The molecule has 0 saturated carbocycles. The lowest BCUT2D eigenvalue weighted by molar-refractivity contribution is -0.136. The Morgan fingerprint density at radius 3 is 2.60 bits per heavy atom. The zero-order valence-electron chi connectivity index (χ0n) is 15.9. The number of urea groups is 1. The Labute approximate surface area is 182 Å². The monoisotopic (exact) mass is 445 g/mol. The van der Waals surface area contributed by atoms with Gasteiger partial charge in [-0.25, -0.2) is 9.59 Å². The van der Waals surface area contributed by atoms with Crippen LogP contribution in [0, 0.1) is 6.92 Å². The minimum absolute atomic E-state index is 0.0743. The molecule has 0 spiro atoms. The molecule has 0 unspecified atom stereocenters. The first-order chi connectivity index (χ1) is 14.3. The van der Waals surface area contributed by atoms with Gasteiger partial charge in [-0.3, -0.25) is 9.69 Å². The molecule has 2 aromatic rings. The number of nitrogens with one attached hydrogen (secondary N) is 2. The van der Waals surface area contributed by atoms with E-state index in [2.05, 4.69) is 10.6 Å². The van der Waals surface area contributed by atoms with Crippen LogP contribution in [0.5, 0.6) is 0 Å². The fourth-order valence-electron chi connectivity index (χ4n) is 3.45. The Kier molecular flexibility index (Phi) is 5.40. The maximum absolute atomic E-state index is 12.8. The summed E-state index contributed by atoms with van der Waals surface area (Å²) in [5.41, 5.74) is 2.76. The van der Waals surface area contributed by atoms with Gasteiger partial charge in [-0.05, 0) is 42.3 Å². The van der Waals surface area contributed by atoms with Gasteiger partial charge in [0, 0.05) is 15.7 Å². The van der Waals surface area contributed by atoms with Crippen molar-refractivity contribution in [1.29, 1.82) is 0 Å². The molecule has 2 aromatic carbocycles. The summed E-state index contributed by atoms with van der Waals surface area (Å²) in [4.78, 5) is 39.0. The number of amides is 3. The molecule has 0 fully saturated rings. The number of hydrogen-bond acceptors (Lipinski definition) is 4. The zero-order valence-corrected chi connectivity index (χ0v) is 17.4. The lowest BCUT2D eigenvalue weighted by Crippen LogP contribution is -2.49. The summed E-state index contributed by atoms with van der Waals surface area (Å²) in [6.45, 7) is 1.48. The normalized spacial score (nSPS) is 18.1. The van der Waals surface area contributed by atoms with Gasteiger partial charge in [0.2, 0.25) is 5.91 Å². The van der Waals surface area contributed by atoms with Gasteiger partial charge in [0.15, 0.2) is 0 Å². The largest absolute Gasteiger partial charge is 0.456 e. The first-order valence-electron chi connectivity index (χ1n) is 9.13. The van der Waals surface area contributed by atoms with Crippen molar-refractivity contribution in [2.24, 2.45) is 0 Å². The van der Waals surface area contributed by atoms with Crippen molar-refractivity contribution in [3.05, 3.63) is 74.9 Å². The number of carbonyl (C=O) groups is 3. The summed E-state index contributed by atoms with van der Waals surface area (Å²) >= 11 is 11.9. The minimum Gasteiger partial charge on any atom is -0.456 e. The molecule has 2 aliphatic heterocycles. The van der Waals surface area contributed by atoms with E-state index < -0.39 is 23.9 Å². The molecule has 2 heterocycles. The zero-order chi connectivity index (χ0) is 21.4. The van der Waals surface area contributed by atoms with Crippen LogP contribution in [-0.4, -0.2) is 36.0 Å². The third-order valence-corrected chi connectivity index (χ3v) is 5.46. The van der Waals surface area contributed by atoms with Crippen LogP contribution < -0.4 is 10.6 Å². The Hall–Kier alpha value is -3.03. The van der Waals surface area contributed by atoms with Crippen molar-refractivity contribution >= 4 is 46.8 Å². The minimum atomic E-state index is -0.672. The molecule has 9 heteroatoms. The first kappa shape index (κ1) is 20.3. The van der Waals surface area contributed by atoms with Gasteiger partial charge in [-0.2, -0.15) is 0 Å². The van der Waals surface area contributed by atoms with E-state index in [1.807, 2.05) is 6.92 Å². The van der Waals surface area contributed by atoms with Gasteiger partial charge in [-0.15, -0.1) is 0 Å². The van der Waals surface area contributed by atoms with Crippen molar-refractivity contribution in [2.45, 2.75) is 13.0 Å². The second kappa shape index (κ2) is 8.01. The smallest absolute Gasteiger partial charge is 0.338 e. The lowest BCUT2D eigenvalue weighted by Gasteiger charge is -2.32. The van der Waals surface area contributed by atoms with Crippen molar-refractivity contribution < 1.29 is 19.1 Å². The number of aryl methyl sites for hydroxylation is 1. The fourth-order valence-corrected chi connectivity index (χ4v) is 3.74. The molecule has 4 rings (SSSR count). The molecule has 0 aliphatic carbocycles. The number of anilines is 1. The first-order valence-corrected chi connectivity index (χ1v) is 9.89. The second-order valence-corrected chi connectivity index (χ2v) is 7.84. The van der Waals surface area contributed by atoms with Crippen LogP contribution in [0.4, 0.5) is 10.5 Å². The summed E-state index contributed by atoms with van der Waals surface area (Å²) in [6, 6.07) is 10.8. The number of benzene rings is 2. The van der Waals surface area contributed by atoms with E-state index in [1.54, 1.807) is 42.5 Å². The molecule has 2 aliphatic rings. The SMILES string of the molecule is Cc1ccc(Cl)cc1NC(=O)CN1C(=O)N[C@@H](c2ccc(Cl)cc2)C2=C1COC2=O. The molecule has 30 heavy (non-hydrogen) atoms. The van der Waals surface area contributed by atoms with Gasteiger partial charge in [0.05, 0.1) is 17.3 Å². The molecule has 2 N–H and O–H groups in total. The van der Waals surface area contributed by atoms with Crippen LogP contribution in [-0.2, 0) is 14.3 Å². The topological polar surface area (TPSA) is 87.7 Å². The van der Waals surface area contributed by atoms with Crippen LogP contribution in [0.25, 0.3) is 0 Å². The van der Waals surface area contributed by atoms with Crippen molar-refractivity contribution in [3.63, 3.8) is 0 Å². The Morgan fingerprint density at radius 2 is 1.87 bits per heavy atom. The molecule has 154 valence electrons. The van der Waals surface area contributed by atoms with E-state index in [-0.39, 0.29) is 13.2 Å². The van der Waals surface area contributed by atoms with E-state index in [9.17, 15) is 14.4 Å². The highest BCUT2D eigenvalue weighted by molar-refractivity contribution is 6.31. The third-order valence-electron chi connectivity index (χ3n) is 4.98. The predicted molar refractivity (Wildman–Crippen MR) is 112 cm³/mol. The lowest BCUT2D eigenvalue weighted by atomic mass is 9.96. The molecule has 0 radical (unpaired) electrons. The van der Waals surface area contributed by atoms with Gasteiger partial charge in [0.25, 0.3) is 0 Å². The molecular weight excluding hydrogens is 429 g/mol. The highest BCUT2D eigenvalue weighted by Gasteiger charge is 2.42. The van der Waals surface area contributed by atoms with Crippen molar-refractivity contribution in [1.82, 2.24) is 10.2 Å². The average molecular weight is 446 g/mol. The number of nitrogens with zero attached hydrogens (tertiary/aromatic N) is 1. The van der Waals surface area contributed by atoms with E-state index in [0.29, 0.717) is 32.6 Å². The van der Waals surface area contributed by atoms with Crippen LogP contribution in [0.1, 0.15) is 17.2 Å². The summed E-state index contributed by atoms with van der Waals surface area (Å²) in [7, 11) is 0. The van der Waals surface area contributed by atoms with Crippen molar-refractivity contribution in [2.75, 3.05) is 18.5 Å². The van der Waals surface area contributed by atoms with Gasteiger partial charge < -0.3 is 15.4 Å². The van der Waals surface area contributed by atoms with Gasteiger partial charge >= 0.3 is 12.0 Å². The van der Waals surface area contributed by atoms with Crippen LogP contribution in [0.15, 0.2) is 53.7 Å². The summed E-state index contributed by atoms with van der Waals surface area (Å²) in [5, 5.41) is 6.55. The van der Waals surface area contributed by atoms with E-state index in [4.69, 9.17) is 27.9 Å². The highest BCUT2D eigenvalue weighted by atomic mass is 35.5. The number of esters is 1. The molecule has 3 amide bonds. The number of rotatable bonds is 4. The Balaban J connectivity index is 1.59. The molecule has 1 atom stereocenters. The number of hydrogen-bond donors (Lipinski definition) is 2. The van der Waals surface area contributed by atoms with E-state index >= 15 is 0 Å². The number of cyclic esters (lactones) is 1. The summed E-state index contributed by atoms with van der Waals surface area (Å²) < 4.78 is 5.17. The van der Waals surface area contributed by atoms with E-state index in [1.165, 1.54) is 4.90 Å². The maximum atomic E-state index is 12.8.